The van der Waals surface area contributed by atoms with Gasteiger partial charge in [0.2, 0.25) is 5.96 Å². The lowest BCUT2D eigenvalue weighted by atomic mass is 9.88. The zero-order valence-corrected chi connectivity index (χ0v) is 22.3. The van der Waals surface area contributed by atoms with E-state index >= 15 is 0 Å². The van der Waals surface area contributed by atoms with Gasteiger partial charge in [-0.25, -0.2) is 22.7 Å². The average Bonchev–Trinajstić information content (AvgIpc) is 2.76. The van der Waals surface area contributed by atoms with E-state index < -0.39 is 28.1 Å². The molecule has 200 valence electrons. The second-order valence-electron chi connectivity index (χ2n) is 9.31. The highest BCUT2D eigenvalue weighted by Crippen LogP contribution is 2.42. The van der Waals surface area contributed by atoms with E-state index in [1.165, 1.54) is 6.08 Å². The third-order valence-corrected chi connectivity index (χ3v) is 7.66. The zero-order valence-electron chi connectivity index (χ0n) is 21.4. The number of carboxylic acid groups (broad SMARTS) is 1. The molecule has 2 rings (SSSR count). The summed E-state index contributed by atoms with van der Waals surface area (Å²) in [4.78, 5) is 27.1. The standard InChI is InChI=1S/C24H36N4O7S/c1-7-13-34-23(31)27-18(21(29)30)9-8-12-26-22(25)28-36(32,33)20-15(3)14(2)19-17(16(20)4)10-11-24(5,6)35-19/h7,18H,1,8-13H2,2-6H3,(H,27,31)(H,29,30)(H3,25,26,28)/t18-/m0/s1. The molecule has 0 aliphatic carbocycles. The van der Waals surface area contributed by atoms with Gasteiger partial charge in [-0.2, -0.15) is 0 Å². The maximum atomic E-state index is 13.2. The van der Waals surface area contributed by atoms with Gasteiger partial charge in [0.25, 0.3) is 10.0 Å². The van der Waals surface area contributed by atoms with Crippen LogP contribution in [0.1, 0.15) is 55.4 Å². The first-order valence-corrected chi connectivity index (χ1v) is 13.1. The van der Waals surface area contributed by atoms with Gasteiger partial charge >= 0.3 is 12.1 Å². The van der Waals surface area contributed by atoms with Crippen molar-refractivity contribution in [2.24, 2.45) is 10.7 Å². The molecule has 1 amide bonds. The van der Waals surface area contributed by atoms with Crippen molar-refractivity contribution >= 4 is 28.0 Å². The Balaban J connectivity index is 2.10. The number of nitrogens with zero attached hydrogens (tertiary/aromatic N) is 1. The van der Waals surface area contributed by atoms with Crippen LogP contribution in [0.5, 0.6) is 5.75 Å². The van der Waals surface area contributed by atoms with E-state index in [1.54, 1.807) is 13.8 Å². The van der Waals surface area contributed by atoms with Crippen LogP contribution >= 0.6 is 0 Å². The molecule has 1 aliphatic heterocycles. The van der Waals surface area contributed by atoms with E-state index in [0.29, 0.717) is 17.5 Å². The van der Waals surface area contributed by atoms with Crippen molar-refractivity contribution in [1.82, 2.24) is 10.0 Å². The number of guanidine groups is 1. The van der Waals surface area contributed by atoms with E-state index in [2.05, 4.69) is 21.6 Å². The Morgan fingerprint density at radius 2 is 1.94 bits per heavy atom. The summed E-state index contributed by atoms with van der Waals surface area (Å²) in [7, 11) is -4.03. The SMILES string of the molecule is C=CCOC(=O)N[C@@H](CCCN=C(N)NS(=O)(=O)c1c(C)c(C)c2c(c1C)CCC(C)(C)O2)C(=O)O. The Morgan fingerprint density at radius 3 is 2.56 bits per heavy atom. The number of carbonyl (C=O) groups excluding carboxylic acids is 1. The number of nitrogens with one attached hydrogen (secondary N) is 2. The Hall–Kier alpha value is -3.28. The van der Waals surface area contributed by atoms with E-state index in [1.807, 2.05) is 20.8 Å². The molecule has 11 nitrogen and oxygen atoms in total. The summed E-state index contributed by atoms with van der Waals surface area (Å²) in [6, 6.07) is -1.19. The summed E-state index contributed by atoms with van der Waals surface area (Å²) < 4.78 is 39.7. The second-order valence-corrected chi connectivity index (χ2v) is 10.9. The number of amides is 1. The van der Waals surface area contributed by atoms with Crippen molar-refractivity contribution in [2.75, 3.05) is 13.2 Å². The number of alkyl carbamates (subject to hydrolysis) is 1. The summed E-state index contributed by atoms with van der Waals surface area (Å²) in [5.41, 5.74) is 8.33. The molecule has 0 saturated heterocycles. The maximum absolute atomic E-state index is 13.2. The van der Waals surface area contributed by atoms with Crippen LogP contribution in [0, 0.1) is 20.8 Å². The van der Waals surface area contributed by atoms with Gasteiger partial charge in [0.05, 0.1) is 4.90 Å². The van der Waals surface area contributed by atoms with Crippen LogP contribution in [0.4, 0.5) is 4.79 Å². The molecule has 0 bridgehead atoms. The molecule has 5 N–H and O–H groups in total. The minimum atomic E-state index is -4.03. The highest BCUT2D eigenvalue weighted by Gasteiger charge is 2.33. The Morgan fingerprint density at radius 1 is 1.28 bits per heavy atom. The Labute approximate surface area is 212 Å². The Bertz CT molecular complexity index is 1160. The summed E-state index contributed by atoms with van der Waals surface area (Å²) in [5, 5.41) is 11.5. The minimum Gasteiger partial charge on any atom is -0.487 e. The molecule has 1 aromatic rings. The summed E-state index contributed by atoms with van der Waals surface area (Å²) in [5.74, 6) is -0.812. The van der Waals surface area contributed by atoms with Gasteiger partial charge in [-0.05, 0) is 82.6 Å². The third-order valence-electron chi connectivity index (χ3n) is 6.03. The lowest BCUT2D eigenvalue weighted by Crippen LogP contribution is -2.41. The van der Waals surface area contributed by atoms with Crippen molar-refractivity contribution in [1.29, 1.82) is 0 Å². The first kappa shape index (κ1) is 29.0. The number of hydrogen-bond donors (Lipinski definition) is 4. The fourth-order valence-electron chi connectivity index (χ4n) is 4.04. The number of sulfonamides is 1. The van der Waals surface area contributed by atoms with E-state index in [-0.39, 0.29) is 42.4 Å². The lowest BCUT2D eigenvalue weighted by molar-refractivity contribution is -0.139. The fraction of sp³-hybridized carbons (Fsp3) is 0.542. The number of benzene rings is 1. The minimum absolute atomic E-state index is 0.0423. The smallest absolute Gasteiger partial charge is 0.408 e. The number of fused-ring (bicyclic) bond motifs is 1. The molecule has 0 radical (unpaired) electrons. The lowest BCUT2D eigenvalue weighted by Gasteiger charge is -2.35. The number of aliphatic carboxylic acids is 1. The average molecular weight is 525 g/mol. The van der Waals surface area contributed by atoms with Crippen molar-refractivity contribution in [3.05, 3.63) is 34.9 Å². The van der Waals surface area contributed by atoms with E-state index in [0.717, 1.165) is 23.3 Å². The normalized spacial score (nSPS) is 15.8. The molecule has 0 fully saturated rings. The monoisotopic (exact) mass is 524 g/mol. The number of ether oxygens (including phenoxy) is 2. The zero-order chi connectivity index (χ0) is 27.3. The molecule has 0 spiro atoms. The third kappa shape index (κ3) is 7.12. The molecule has 1 heterocycles. The second kappa shape index (κ2) is 11.6. The molecule has 0 unspecified atom stereocenters. The summed E-state index contributed by atoms with van der Waals surface area (Å²) >= 11 is 0. The van der Waals surface area contributed by atoms with Crippen LogP contribution in [0.25, 0.3) is 0 Å². The molecule has 1 aromatic carbocycles. The van der Waals surface area contributed by atoms with Gasteiger partial charge in [0.1, 0.15) is 24.0 Å². The molecule has 0 saturated carbocycles. The Kier molecular flexibility index (Phi) is 9.36. The summed E-state index contributed by atoms with van der Waals surface area (Å²) in [6.07, 6.45) is 2.21. The van der Waals surface area contributed by atoms with Gasteiger partial charge in [-0.15, -0.1) is 0 Å². The van der Waals surface area contributed by atoms with Gasteiger partial charge in [-0.1, -0.05) is 12.7 Å². The maximum Gasteiger partial charge on any atom is 0.408 e. The molecule has 36 heavy (non-hydrogen) atoms. The molecular weight excluding hydrogens is 488 g/mol. The van der Waals surface area contributed by atoms with Gasteiger partial charge < -0.3 is 25.6 Å². The number of aliphatic imine (C=N–C) groups is 1. The van der Waals surface area contributed by atoms with Crippen molar-refractivity contribution in [2.45, 2.75) is 76.8 Å². The predicted octanol–water partition coefficient (Wildman–Crippen LogP) is 2.45. The quantitative estimate of drug-likeness (QED) is 0.157. The fourth-order valence-corrected chi connectivity index (χ4v) is 5.57. The largest absolute Gasteiger partial charge is 0.487 e. The number of carbonyl (C=O) groups is 2. The van der Waals surface area contributed by atoms with E-state index in [9.17, 15) is 23.1 Å². The van der Waals surface area contributed by atoms with Crippen LogP contribution in [0.15, 0.2) is 22.5 Å². The summed E-state index contributed by atoms with van der Waals surface area (Å²) in [6.45, 7) is 12.7. The van der Waals surface area contributed by atoms with Crippen LogP contribution in [-0.2, 0) is 26.0 Å². The van der Waals surface area contributed by atoms with Crippen LogP contribution in [-0.4, -0.2) is 56.3 Å². The highest BCUT2D eigenvalue weighted by atomic mass is 32.2. The molecule has 1 atom stereocenters. The van der Waals surface area contributed by atoms with Crippen molar-refractivity contribution < 1.29 is 32.6 Å². The van der Waals surface area contributed by atoms with Crippen LogP contribution < -0.4 is 20.5 Å². The van der Waals surface area contributed by atoms with Gasteiger partial charge in [-0.3, -0.25) is 4.99 Å². The van der Waals surface area contributed by atoms with Crippen LogP contribution in [0.3, 0.4) is 0 Å². The van der Waals surface area contributed by atoms with Crippen LogP contribution in [0.2, 0.25) is 0 Å². The van der Waals surface area contributed by atoms with Crippen molar-refractivity contribution in [3.63, 3.8) is 0 Å². The number of nitrogens with two attached hydrogens (primary N) is 1. The molecule has 1 aliphatic rings. The number of rotatable bonds is 10. The molecule has 0 aromatic heterocycles. The topological polar surface area (TPSA) is 169 Å². The highest BCUT2D eigenvalue weighted by molar-refractivity contribution is 7.90. The van der Waals surface area contributed by atoms with E-state index in [4.69, 9.17) is 15.2 Å². The first-order chi connectivity index (χ1) is 16.7. The number of carboxylic acids is 1. The number of hydrogen-bond acceptors (Lipinski definition) is 7. The predicted molar refractivity (Wildman–Crippen MR) is 136 cm³/mol. The molecular formula is C24H36N4O7S. The first-order valence-electron chi connectivity index (χ1n) is 11.6. The van der Waals surface area contributed by atoms with Gasteiger partial charge in [0.15, 0.2) is 0 Å². The molecule has 12 heteroatoms. The van der Waals surface area contributed by atoms with Crippen molar-refractivity contribution in [3.8, 4) is 5.75 Å². The van der Waals surface area contributed by atoms with Gasteiger partial charge in [0, 0.05) is 6.54 Å².